The maximum atomic E-state index is 14.5. The molecule has 7 N–H and O–H groups in total. The second-order valence-corrected chi connectivity index (χ2v) is 8.88. The summed E-state index contributed by atoms with van der Waals surface area (Å²) in [5, 5.41) is 26.1. The van der Waals surface area contributed by atoms with Gasteiger partial charge in [-0.15, -0.1) is 0 Å². The second-order valence-electron chi connectivity index (χ2n) is 8.48. The zero-order chi connectivity index (χ0) is 27.3. The summed E-state index contributed by atoms with van der Waals surface area (Å²) in [7, 11) is 0. The highest BCUT2D eigenvalue weighted by Gasteiger charge is 2.27. The van der Waals surface area contributed by atoms with Crippen molar-refractivity contribution in [1.29, 1.82) is 0 Å². The Morgan fingerprint density at radius 2 is 1.97 bits per heavy atom. The molecule has 0 fully saturated rings. The summed E-state index contributed by atoms with van der Waals surface area (Å²) in [4.78, 5) is 39.1. The predicted molar refractivity (Wildman–Crippen MR) is 135 cm³/mol. The second kappa shape index (κ2) is 12.0. The molecule has 11 nitrogen and oxygen atoms in total. The van der Waals surface area contributed by atoms with Crippen LogP contribution in [-0.2, 0) is 16.1 Å². The maximum absolute atomic E-state index is 14.5. The fourth-order valence-corrected chi connectivity index (χ4v) is 4.11. The van der Waals surface area contributed by atoms with Gasteiger partial charge in [-0.3, -0.25) is 19.1 Å². The summed E-state index contributed by atoms with van der Waals surface area (Å²) in [5.41, 5.74) is 12.0. The lowest BCUT2D eigenvalue weighted by molar-refractivity contribution is -0.139. The fraction of sp³-hybridized carbons (Fsp3) is 0.333. The minimum absolute atomic E-state index is 0.00477. The topological polar surface area (TPSA) is 177 Å². The smallest absolute Gasteiger partial charge is 0.269 e. The highest BCUT2D eigenvalue weighted by atomic mass is 35.5. The number of nitrogens with two attached hydrogens (primary N) is 2. The first-order valence-electron chi connectivity index (χ1n) is 11.4. The van der Waals surface area contributed by atoms with Gasteiger partial charge in [0.1, 0.15) is 12.4 Å². The Labute approximate surface area is 216 Å². The van der Waals surface area contributed by atoms with Gasteiger partial charge in [-0.1, -0.05) is 23.7 Å². The van der Waals surface area contributed by atoms with E-state index < -0.39 is 48.8 Å². The minimum Gasteiger partial charge on any atom is -0.399 e. The number of carbonyl (C=O) groups is 3. The summed E-state index contributed by atoms with van der Waals surface area (Å²) in [5.74, 6) is -2.76. The van der Waals surface area contributed by atoms with Gasteiger partial charge >= 0.3 is 0 Å². The molecule has 37 heavy (non-hydrogen) atoms. The van der Waals surface area contributed by atoms with Crippen LogP contribution >= 0.6 is 11.6 Å². The Bertz CT molecular complexity index is 1320. The fourth-order valence-electron chi connectivity index (χ4n) is 3.93. The van der Waals surface area contributed by atoms with Gasteiger partial charge in [0.05, 0.1) is 35.8 Å². The van der Waals surface area contributed by atoms with E-state index in [0.29, 0.717) is 16.6 Å². The van der Waals surface area contributed by atoms with E-state index in [2.05, 4.69) is 10.4 Å². The molecule has 0 saturated carbocycles. The summed E-state index contributed by atoms with van der Waals surface area (Å²) >= 11 is 5.85. The molecule has 1 heterocycles. The zero-order valence-electron chi connectivity index (χ0n) is 20.0. The Kier molecular flexibility index (Phi) is 9.03. The van der Waals surface area contributed by atoms with Crippen LogP contribution in [0.4, 0.5) is 10.1 Å². The lowest BCUT2D eigenvalue weighted by Crippen LogP contribution is -2.48. The molecule has 0 aliphatic heterocycles. The summed E-state index contributed by atoms with van der Waals surface area (Å²) in [6.07, 6.45) is 0.00477. The van der Waals surface area contributed by atoms with Crippen molar-refractivity contribution in [1.82, 2.24) is 20.0 Å². The van der Waals surface area contributed by atoms with Gasteiger partial charge in [0.2, 0.25) is 11.8 Å². The van der Waals surface area contributed by atoms with Crippen LogP contribution in [-0.4, -0.2) is 68.4 Å². The summed E-state index contributed by atoms with van der Waals surface area (Å²) < 4.78 is 15.8. The minimum atomic E-state index is -0.906. The lowest BCUT2D eigenvalue weighted by atomic mass is 10.0. The van der Waals surface area contributed by atoms with Crippen LogP contribution in [0.5, 0.6) is 0 Å². The van der Waals surface area contributed by atoms with Crippen molar-refractivity contribution in [2.45, 2.75) is 32.0 Å². The molecule has 0 aliphatic carbocycles. The third-order valence-electron chi connectivity index (χ3n) is 5.83. The predicted octanol–water partition coefficient (Wildman–Crippen LogP) is 0.959. The first-order valence-corrected chi connectivity index (χ1v) is 11.7. The Balaban J connectivity index is 1.83. The molecule has 13 heteroatoms. The highest BCUT2D eigenvalue weighted by Crippen LogP contribution is 2.26. The number of halogens is 2. The van der Waals surface area contributed by atoms with E-state index in [1.165, 1.54) is 28.9 Å². The molecule has 3 rings (SSSR count). The number of aliphatic hydroxyl groups excluding tert-OH is 2. The average molecular weight is 535 g/mol. The normalized spacial score (nSPS) is 12.8. The molecule has 2 atom stereocenters. The van der Waals surface area contributed by atoms with E-state index in [9.17, 15) is 29.0 Å². The van der Waals surface area contributed by atoms with Crippen molar-refractivity contribution in [2.75, 3.05) is 25.5 Å². The van der Waals surface area contributed by atoms with Crippen molar-refractivity contribution in [3.63, 3.8) is 0 Å². The van der Waals surface area contributed by atoms with E-state index in [1.807, 2.05) is 0 Å². The molecule has 0 spiro atoms. The monoisotopic (exact) mass is 534 g/mol. The zero-order valence-corrected chi connectivity index (χ0v) is 20.8. The number of primary amides is 1. The van der Waals surface area contributed by atoms with Crippen molar-refractivity contribution in [3.8, 4) is 0 Å². The molecular weight excluding hydrogens is 507 g/mol. The molecule has 1 aromatic heterocycles. The molecule has 0 bridgehead atoms. The standard InChI is InChI=1S/C24H28ClFN6O5/c1-13(12-34)31(10-20(35)29-18(7-8-33)15-3-2-4-17(25)22(15)26)21(36)11-32-19-6-5-14(27)9-16(19)23(30-32)24(28)37/h2-6,9,13,18,33-34H,7-8,10-12,27H2,1H3,(H2,28,37)(H,29,35)/t13-,18-/m1/s1. The van der Waals surface area contributed by atoms with Gasteiger partial charge in [-0.05, 0) is 37.6 Å². The van der Waals surface area contributed by atoms with E-state index in [-0.39, 0.29) is 35.9 Å². The van der Waals surface area contributed by atoms with Crippen LogP contribution < -0.4 is 16.8 Å². The number of aliphatic hydroxyl groups is 2. The number of hydrogen-bond donors (Lipinski definition) is 5. The molecule has 3 aromatic rings. The third-order valence-corrected chi connectivity index (χ3v) is 6.13. The number of carbonyl (C=O) groups excluding carboxylic acids is 3. The number of nitrogens with one attached hydrogen (secondary N) is 1. The van der Waals surface area contributed by atoms with E-state index in [0.717, 1.165) is 4.90 Å². The van der Waals surface area contributed by atoms with Crippen molar-refractivity contribution >= 4 is 45.9 Å². The van der Waals surface area contributed by atoms with Gasteiger partial charge in [0.15, 0.2) is 5.69 Å². The highest BCUT2D eigenvalue weighted by molar-refractivity contribution is 6.30. The molecular formula is C24H28ClFN6O5. The summed E-state index contributed by atoms with van der Waals surface area (Å²) in [6, 6.07) is 7.33. The lowest BCUT2D eigenvalue weighted by Gasteiger charge is -2.29. The number of fused-ring (bicyclic) bond motifs is 1. The molecule has 3 amide bonds. The first-order chi connectivity index (χ1) is 17.6. The van der Waals surface area contributed by atoms with E-state index in [4.69, 9.17) is 23.1 Å². The summed E-state index contributed by atoms with van der Waals surface area (Å²) in [6.45, 7) is -0.0752. The van der Waals surface area contributed by atoms with Crippen LogP contribution in [0, 0.1) is 5.82 Å². The number of hydrogen-bond acceptors (Lipinski definition) is 7. The molecule has 0 saturated heterocycles. The largest absolute Gasteiger partial charge is 0.399 e. The Morgan fingerprint density at radius 3 is 2.62 bits per heavy atom. The number of amides is 3. The molecule has 0 radical (unpaired) electrons. The van der Waals surface area contributed by atoms with Gasteiger partial charge in [-0.25, -0.2) is 4.39 Å². The Morgan fingerprint density at radius 1 is 1.24 bits per heavy atom. The number of aromatic nitrogens is 2. The van der Waals surface area contributed by atoms with Gasteiger partial charge in [0, 0.05) is 23.2 Å². The van der Waals surface area contributed by atoms with Crippen LogP contribution in [0.15, 0.2) is 36.4 Å². The molecule has 0 aliphatic rings. The Hall–Kier alpha value is -3.74. The number of nitrogens with zero attached hydrogens (tertiary/aromatic N) is 3. The van der Waals surface area contributed by atoms with Gasteiger partial charge < -0.3 is 31.9 Å². The SMILES string of the molecule is C[C@H](CO)N(CC(=O)N[C@H](CCO)c1cccc(Cl)c1F)C(=O)Cn1nc(C(N)=O)c2cc(N)ccc21. The number of anilines is 1. The van der Waals surface area contributed by atoms with E-state index >= 15 is 0 Å². The van der Waals surface area contributed by atoms with E-state index in [1.54, 1.807) is 19.1 Å². The van der Waals surface area contributed by atoms with Gasteiger partial charge in [-0.2, -0.15) is 5.10 Å². The number of nitrogen functional groups attached to an aromatic ring is 1. The molecule has 2 aromatic carbocycles. The number of benzene rings is 2. The number of rotatable bonds is 11. The molecule has 198 valence electrons. The maximum Gasteiger partial charge on any atom is 0.269 e. The van der Waals surface area contributed by atoms with Crippen molar-refractivity contribution < 1.29 is 29.0 Å². The third kappa shape index (κ3) is 6.34. The van der Waals surface area contributed by atoms with Crippen LogP contribution in [0.3, 0.4) is 0 Å². The molecule has 0 unspecified atom stereocenters. The van der Waals surface area contributed by atoms with Crippen molar-refractivity contribution in [3.05, 3.63) is 58.5 Å². The average Bonchev–Trinajstić information content (AvgIpc) is 3.21. The van der Waals surface area contributed by atoms with Gasteiger partial charge in [0.25, 0.3) is 5.91 Å². The van der Waals surface area contributed by atoms with Crippen LogP contribution in [0.1, 0.15) is 35.4 Å². The quantitative estimate of drug-likeness (QED) is 0.227. The van der Waals surface area contributed by atoms with Crippen LogP contribution in [0.2, 0.25) is 5.02 Å². The first kappa shape index (κ1) is 27.8. The van der Waals surface area contributed by atoms with Crippen LogP contribution in [0.25, 0.3) is 10.9 Å². The van der Waals surface area contributed by atoms with Crippen molar-refractivity contribution in [2.24, 2.45) is 5.73 Å².